The Morgan fingerprint density at radius 3 is 2.47 bits per heavy atom. The molecule has 1 radical (unpaired) electrons. The van der Waals surface area contributed by atoms with Gasteiger partial charge in [0.25, 0.3) is 0 Å². The standard InChI is InChI=1S/C19H15N2O.C11H20O2.Ir/c1-3-13-9-10-20-17(11-13)16-6-4-5-14-15-8-7-12(2)21-19(15)22-18(14)16;1-10(2,3)8(12)7-9(13)11(4,5)6;/h4-5,7-11H,3H2,1-2H3;7,12H,1-6H3;/q-1;;/b;8-7-;/i2D3,3D2;;. The molecule has 1 N–H and O–H groups in total. The Morgan fingerprint density at radius 1 is 1.14 bits per heavy atom. The molecule has 0 unspecified atom stereocenters. The van der Waals surface area contributed by atoms with Crippen LogP contribution in [0.2, 0.25) is 0 Å². The normalized spacial score (nSPS) is 15.0. The van der Waals surface area contributed by atoms with Crippen molar-refractivity contribution in [2.24, 2.45) is 10.8 Å². The van der Waals surface area contributed by atoms with Crippen molar-refractivity contribution in [1.29, 1.82) is 0 Å². The van der Waals surface area contributed by atoms with Crippen LogP contribution in [0.5, 0.6) is 0 Å². The van der Waals surface area contributed by atoms with E-state index < -0.39 is 18.6 Å². The van der Waals surface area contributed by atoms with Gasteiger partial charge in [-0.25, -0.2) is 4.98 Å². The molecule has 0 bridgehead atoms. The Kier molecular flexibility index (Phi) is 7.14. The fourth-order valence-corrected chi connectivity index (χ4v) is 3.09. The minimum Gasteiger partial charge on any atom is -0.512 e. The average molecular weight is 669 g/mol. The van der Waals surface area contributed by atoms with Gasteiger partial charge in [0.2, 0.25) is 5.71 Å². The van der Waals surface area contributed by atoms with Crippen molar-refractivity contribution in [2.45, 2.75) is 61.7 Å². The van der Waals surface area contributed by atoms with Gasteiger partial charge in [-0.3, -0.25) is 4.79 Å². The third kappa shape index (κ3) is 6.89. The zero-order valence-corrected chi connectivity index (χ0v) is 24.0. The molecule has 0 saturated heterocycles. The predicted molar refractivity (Wildman–Crippen MR) is 142 cm³/mol. The number of furan rings is 1. The second-order valence-corrected chi connectivity index (χ2v) is 10.3. The predicted octanol–water partition coefficient (Wildman–Crippen LogP) is 7.80. The number of rotatable bonds is 3. The number of allylic oxidation sites excluding steroid dienone is 2. The van der Waals surface area contributed by atoms with Gasteiger partial charge >= 0.3 is 0 Å². The van der Waals surface area contributed by atoms with Crippen LogP contribution in [-0.4, -0.2) is 20.9 Å². The van der Waals surface area contributed by atoms with Crippen molar-refractivity contribution in [1.82, 2.24) is 9.97 Å². The average Bonchev–Trinajstić information content (AvgIpc) is 3.20. The molecule has 3 heterocycles. The van der Waals surface area contributed by atoms with Crippen molar-refractivity contribution in [3.05, 3.63) is 71.8 Å². The van der Waals surface area contributed by atoms with Gasteiger partial charge in [-0.2, -0.15) is 0 Å². The maximum atomic E-state index is 11.5. The number of aromatic nitrogens is 2. The van der Waals surface area contributed by atoms with Crippen molar-refractivity contribution in [2.75, 3.05) is 0 Å². The van der Waals surface area contributed by atoms with Gasteiger partial charge in [0.1, 0.15) is 5.76 Å². The van der Waals surface area contributed by atoms with E-state index >= 15 is 0 Å². The Hall–Kier alpha value is -2.82. The molecular formula is C30H35IrN2O3-. The summed E-state index contributed by atoms with van der Waals surface area (Å²) < 4.78 is 44.2. The molecule has 0 aliphatic carbocycles. The van der Waals surface area contributed by atoms with Gasteiger partial charge in [-0.05, 0) is 37.1 Å². The molecule has 0 amide bonds. The van der Waals surface area contributed by atoms with Gasteiger partial charge in [0, 0.05) is 61.1 Å². The Balaban J connectivity index is 0.000000360. The number of benzene rings is 1. The molecular weight excluding hydrogens is 629 g/mol. The van der Waals surface area contributed by atoms with E-state index in [-0.39, 0.29) is 48.5 Å². The molecule has 0 aliphatic rings. The summed E-state index contributed by atoms with van der Waals surface area (Å²) in [6.45, 7) is 10.3. The Morgan fingerprint density at radius 2 is 1.86 bits per heavy atom. The van der Waals surface area contributed by atoms with Crippen molar-refractivity contribution in [3.8, 4) is 11.3 Å². The number of aryl methyl sites for hydroxylation is 2. The first kappa shape index (κ1) is 22.4. The molecule has 4 aromatic rings. The van der Waals surface area contributed by atoms with Crippen LogP contribution in [0.25, 0.3) is 33.3 Å². The fourth-order valence-electron chi connectivity index (χ4n) is 3.09. The summed E-state index contributed by atoms with van der Waals surface area (Å²) in [5, 5.41) is 11.0. The first-order valence-electron chi connectivity index (χ1n) is 13.9. The Bertz CT molecular complexity index is 1570. The molecule has 193 valence electrons. The molecule has 0 atom stereocenters. The number of carbonyl (C=O) groups is 1. The van der Waals surface area contributed by atoms with Crippen LogP contribution in [0, 0.1) is 23.7 Å². The molecule has 5 nitrogen and oxygen atoms in total. The third-order valence-corrected chi connectivity index (χ3v) is 5.38. The number of ketones is 1. The summed E-state index contributed by atoms with van der Waals surface area (Å²) in [7, 11) is 0. The fraction of sp³-hybridized carbons (Fsp3) is 0.367. The maximum absolute atomic E-state index is 11.5. The molecule has 0 saturated carbocycles. The van der Waals surface area contributed by atoms with E-state index in [4.69, 9.17) is 11.3 Å². The molecule has 0 aliphatic heterocycles. The maximum Gasteiger partial charge on any atom is 0.216 e. The quantitative estimate of drug-likeness (QED) is 0.137. The zero-order chi connectivity index (χ0) is 30.3. The molecule has 1 aromatic carbocycles. The number of aliphatic hydroxyl groups is 1. The monoisotopic (exact) mass is 669 g/mol. The molecule has 4 rings (SSSR count). The first-order valence-corrected chi connectivity index (χ1v) is 11.4. The minimum absolute atomic E-state index is 0. The number of carbonyl (C=O) groups excluding carboxylic acids is 1. The Labute approximate surface area is 234 Å². The smallest absolute Gasteiger partial charge is 0.216 e. The van der Waals surface area contributed by atoms with Crippen molar-refractivity contribution >= 4 is 27.9 Å². The zero-order valence-electron chi connectivity index (χ0n) is 26.6. The van der Waals surface area contributed by atoms with Gasteiger partial charge in [0.05, 0.1) is 5.58 Å². The van der Waals surface area contributed by atoms with Gasteiger partial charge in [-0.1, -0.05) is 71.0 Å². The second-order valence-electron chi connectivity index (χ2n) is 10.3. The van der Waals surface area contributed by atoms with E-state index in [0.717, 1.165) is 5.39 Å². The number of hydrogen-bond acceptors (Lipinski definition) is 5. The van der Waals surface area contributed by atoms with Gasteiger partial charge < -0.3 is 14.5 Å². The molecule has 6 heteroatoms. The van der Waals surface area contributed by atoms with E-state index in [0.29, 0.717) is 27.8 Å². The summed E-state index contributed by atoms with van der Waals surface area (Å²) in [5.41, 5.74) is 1.53. The second kappa shape index (κ2) is 11.5. The molecule has 3 aromatic heterocycles. The topological polar surface area (TPSA) is 76.2 Å². The molecule has 0 fully saturated rings. The first-order chi connectivity index (χ1) is 18.2. The number of aliphatic hydroxyl groups excluding tert-OH is 1. The molecule has 36 heavy (non-hydrogen) atoms. The van der Waals surface area contributed by atoms with Crippen molar-refractivity contribution < 1.29 is 41.3 Å². The van der Waals surface area contributed by atoms with Crippen LogP contribution < -0.4 is 0 Å². The summed E-state index contributed by atoms with van der Waals surface area (Å²) in [5.74, 6) is 0.104. The molecule has 0 spiro atoms. The van der Waals surface area contributed by atoms with Crippen LogP contribution >= 0.6 is 0 Å². The SMILES string of the molecule is CC(C)(C)C(=O)/C=C(\O)C(C)(C)C.[2H]C([2H])([2H])c1ccc2c(n1)oc1c(-c3cc(C([2H])([2H])C)ccn3)[c-]ccc12.[Ir]. The largest absolute Gasteiger partial charge is 0.512 e. The third-order valence-electron chi connectivity index (χ3n) is 5.38. The van der Waals surface area contributed by atoms with Crippen molar-refractivity contribution in [3.63, 3.8) is 0 Å². The van der Waals surface area contributed by atoms with Crippen LogP contribution in [-0.2, 0) is 31.3 Å². The number of nitrogens with zero attached hydrogens (tertiary/aromatic N) is 2. The summed E-state index contributed by atoms with van der Waals surface area (Å²) >= 11 is 0. The summed E-state index contributed by atoms with van der Waals surface area (Å²) in [6, 6.07) is 13.1. The van der Waals surface area contributed by atoms with Crippen LogP contribution in [0.1, 0.15) is 66.6 Å². The number of hydrogen-bond donors (Lipinski definition) is 1. The van der Waals surface area contributed by atoms with Gasteiger partial charge in [-0.15, -0.1) is 18.2 Å². The van der Waals surface area contributed by atoms with Crippen LogP contribution in [0.3, 0.4) is 0 Å². The van der Waals surface area contributed by atoms with E-state index in [2.05, 4.69) is 16.0 Å². The minimum atomic E-state index is -2.31. The van der Waals surface area contributed by atoms with E-state index in [1.54, 1.807) is 30.5 Å². The number of fused-ring (bicyclic) bond motifs is 3. The van der Waals surface area contributed by atoms with E-state index in [1.165, 1.54) is 19.1 Å². The van der Waals surface area contributed by atoms with Crippen LogP contribution in [0.4, 0.5) is 0 Å². The van der Waals surface area contributed by atoms with E-state index in [9.17, 15) is 9.90 Å². The van der Waals surface area contributed by atoms with Crippen LogP contribution in [0.15, 0.2) is 58.8 Å². The number of pyridine rings is 2. The summed E-state index contributed by atoms with van der Waals surface area (Å²) in [6.07, 6.45) is 1.38. The summed E-state index contributed by atoms with van der Waals surface area (Å²) in [4.78, 5) is 20.0. The van der Waals surface area contributed by atoms with Gasteiger partial charge in [0.15, 0.2) is 5.78 Å². The van der Waals surface area contributed by atoms with E-state index in [1.807, 2.05) is 47.6 Å².